The molecule has 1 N–H and O–H groups in total. The average molecular weight is 410 g/mol. The van der Waals surface area contributed by atoms with Crippen LogP contribution < -0.4 is 5.32 Å². The van der Waals surface area contributed by atoms with Crippen molar-refractivity contribution < 1.29 is 4.92 Å². The SMILES string of the molecule is O=[N+]([O-])c1c(Nc2ccc(Cl)cc2)nc2ccc(Cl)cc2c1-c1ccccc1. The fraction of sp³-hybridized carbons (Fsp3) is 0. The molecule has 0 amide bonds. The van der Waals surface area contributed by atoms with E-state index in [2.05, 4.69) is 10.3 Å². The van der Waals surface area contributed by atoms with E-state index in [1.807, 2.05) is 30.3 Å². The van der Waals surface area contributed by atoms with Gasteiger partial charge in [0.25, 0.3) is 0 Å². The summed E-state index contributed by atoms with van der Waals surface area (Å²) < 4.78 is 0. The summed E-state index contributed by atoms with van der Waals surface area (Å²) in [6, 6.07) is 21.2. The highest BCUT2D eigenvalue weighted by Gasteiger charge is 2.26. The summed E-state index contributed by atoms with van der Waals surface area (Å²) in [4.78, 5) is 16.1. The second-order valence-electron chi connectivity index (χ2n) is 6.10. The number of nitrogens with one attached hydrogen (secondary N) is 1. The lowest BCUT2D eigenvalue weighted by Crippen LogP contribution is -2.03. The molecule has 1 aromatic heterocycles. The normalized spacial score (nSPS) is 10.8. The molecule has 138 valence electrons. The van der Waals surface area contributed by atoms with Crippen molar-refractivity contribution in [3.63, 3.8) is 0 Å². The Balaban J connectivity index is 2.02. The number of halogens is 2. The Morgan fingerprint density at radius 3 is 2.25 bits per heavy atom. The first-order valence-electron chi connectivity index (χ1n) is 8.38. The molecule has 5 nitrogen and oxygen atoms in total. The number of nitro groups is 1. The molecule has 0 aliphatic rings. The lowest BCUT2D eigenvalue weighted by molar-refractivity contribution is -0.383. The maximum atomic E-state index is 12.1. The van der Waals surface area contributed by atoms with Gasteiger partial charge in [0, 0.05) is 21.1 Å². The number of nitrogens with zero attached hydrogens (tertiary/aromatic N) is 2. The maximum absolute atomic E-state index is 12.1. The molecule has 0 fully saturated rings. The molecule has 0 unspecified atom stereocenters. The third kappa shape index (κ3) is 3.50. The Morgan fingerprint density at radius 2 is 1.57 bits per heavy atom. The second-order valence-corrected chi connectivity index (χ2v) is 6.97. The molecule has 4 aromatic rings. The summed E-state index contributed by atoms with van der Waals surface area (Å²) in [6.45, 7) is 0. The molecular formula is C21H13Cl2N3O2. The Bertz CT molecular complexity index is 1180. The van der Waals surface area contributed by atoms with Crippen LogP contribution in [0.1, 0.15) is 0 Å². The van der Waals surface area contributed by atoms with E-state index in [0.29, 0.717) is 37.8 Å². The average Bonchev–Trinajstić information content (AvgIpc) is 2.69. The Labute approximate surface area is 170 Å². The van der Waals surface area contributed by atoms with E-state index in [1.165, 1.54) is 0 Å². The van der Waals surface area contributed by atoms with Crippen LogP contribution in [0, 0.1) is 10.1 Å². The van der Waals surface area contributed by atoms with Crippen molar-refractivity contribution in [2.24, 2.45) is 0 Å². The number of benzene rings is 3. The van der Waals surface area contributed by atoms with Gasteiger partial charge in [-0.2, -0.15) is 0 Å². The van der Waals surface area contributed by atoms with Crippen LogP contribution in [-0.2, 0) is 0 Å². The number of hydrogen-bond acceptors (Lipinski definition) is 4. The Kier molecular flexibility index (Phi) is 4.86. The highest BCUT2D eigenvalue weighted by Crippen LogP contribution is 2.42. The van der Waals surface area contributed by atoms with Gasteiger partial charge < -0.3 is 5.32 Å². The predicted molar refractivity (Wildman–Crippen MR) is 114 cm³/mol. The minimum atomic E-state index is -0.423. The van der Waals surface area contributed by atoms with E-state index in [9.17, 15) is 10.1 Å². The third-order valence-electron chi connectivity index (χ3n) is 4.27. The monoisotopic (exact) mass is 409 g/mol. The first-order valence-corrected chi connectivity index (χ1v) is 9.14. The zero-order chi connectivity index (χ0) is 19.7. The second kappa shape index (κ2) is 7.46. The zero-order valence-corrected chi connectivity index (χ0v) is 15.9. The molecule has 0 aliphatic carbocycles. The van der Waals surface area contributed by atoms with Gasteiger partial charge in [0.15, 0.2) is 0 Å². The molecule has 7 heteroatoms. The predicted octanol–water partition coefficient (Wildman–Crippen LogP) is 6.86. The molecule has 0 spiro atoms. The van der Waals surface area contributed by atoms with Gasteiger partial charge in [-0.05, 0) is 48.0 Å². The summed E-state index contributed by atoms with van der Waals surface area (Å²) in [5, 5.41) is 16.8. The molecule has 0 bridgehead atoms. The molecule has 4 rings (SSSR count). The highest BCUT2D eigenvalue weighted by atomic mass is 35.5. The van der Waals surface area contributed by atoms with Crippen molar-refractivity contribution in [1.29, 1.82) is 0 Å². The molecule has 0 saturated heterocycles. The minimum Gasteiger partial charge on any atom is -0.334 e. The van der Waals surface area contributed by atoms with Gasteiger partial charge in [-0.15, -0.1) is 0 Å². The van der Waals surface area contributed by atoms with Crippen LogP contribution in [0.25, 0.3) is 22.0 Å². The van der Waals surface area contributed by atoms with Crippen molar-refractivity contribution in [3.8, 4) is 11.1 Å². The van der Waals surface area contributed by atoms with Crippen LogP contribution in [-0.4, -0.2) is 9.91 Å². The van der Waals surface area contributed by atoms with Crippen molar-refractivity contribution in [2.45, 2.75) is 0 Å². The van der Waals surface area contributed by atoms with Crippen molar-refractivity contribution >= 4 is 51.3 Å². The molecule has 1 heterocycles. The van der Waals surface area contributed by atoms with E-state index in [0.717, 1.165) is 0 Å². The van der Waals surface area contributed by atoms with Gasteiger partial charge >= 0.3 is 5.69 Å². The fourth-order valence-corrected chi connectivity index (χ4v) is 3.36. The lowest BCUT2D eigenvalue weighted by atomic mass is 9.99. The van der Waals surface area contributed by atoms with Crippen LogP contribution in [0.15, 0.2) is 72.8 Å². The summed E-state index contributed by atoms with van der Waals surface area (Å²) in [5.41, 5.74) is 2.31. The van der Waals surface area contributed by atoms with E-state index in [4.69, 9.17) is 23.2 Å². The standard InChI is InChI=1S/C21H13Cl2N3O2/c22-14-6-9-16(10-7-14)24-21-20(26(27)28)19(13-4-2-1-3-5-13)17-12-15(23)8-11-18(17)25-21/h1-12H,(H,24,25). The first kappa shape index (κ1) is 18.2. The topological polar surface area (TPSA) is 68.1 Å². The van der Waals surface area contributed by atoms with Crippen LogP contribution in [0.5, 0.6) is 0 Å². The highest BCUT2D eigenvalue weighted by molar-refractivity contribution is 6.31. The van der Waals surface area contributed by atoms with Gasteiger partial charge in [0.05, 0.1) is 16.0 Å². The molecule has 28 heavy (non-hydrogen) atoms. The largest absolute Gasteiger partial charge is 0.334 e. The van der Waals surface area contributed by atoms with E-state index in [-0.39, 0.29) is 11.5 Å². The summed E-state index contributed by atoms with van der Waals surface area (Å²) >= 11 is 12.1. The van der Waals surface area contributed by atoms with Gasteiger partial charge in [-0.25, -0.2) is 4.98 Å². The molecular weight excluding hydrogens is 397 g/mol. The summed E-state index contributed by atoms with van der Waals surface area (Å²) in [5.74, 6) is 0.154. The van der Waals surface area contributed by atoms with Crippen molar-refractivity contribution in [2.75, 3.05) is 5.32 Å². The van der Waals surface area contributed by atoms with Crippen molar-refractivity contribution in [3.05, 3.63) is 93.0 Å². The Hall–Kier alpha value is -3.15. The smallest absolute Gasteiger partial charge is 0.320 e. The number of pyridine rings is 1. The minimum absolute atomic E-state index is 0.115. The summed E-state index contributed by atoms with van der Waals surface area (Å²) in [7, 11) is 0. The Morgan fingerprint density at radius 1 is 0.893 bits per heavy atom. The molecule has 3 aromatic carbocycles. The van der Waals surface area contributed by atoms with Crippen molar-refractivity contribution in [1.82, 2.24) is 4.98 Å². The number of anilines is 2. The maximum Gasteiger partial charge on any atom is 0.320 e. The van der Waals surface area contributed by atoms with Crippen LogP contribution in [0.4, 0.5) is 17.2 Å². The van der Waals surface area contributed by atoms with Gasteiger partial charge in [-0.1, -0.05) is 53.5 Å². The summed E-state index contributed by atoms with van der Waals surface area (Å²) in [6.07, 6.45) is 0. The quantitative estimate of drug-likeness (QED) is 0.295. The molecule has 0 atom stereocenters. The third-order valence-corrected chi connectivity index (χ3v) is 4.76. The number of rotatable bonds is 4. The van der Waals surface area contributed by atoms with Crippen LogP contribution >= 0.6 is 23.2 Å². The van der Waals surface area contributed by atoms with Gasteiger partial charge in [0.1, 0.15) is 0 Å². The van der Waals surface area contributed by atoms with Gasteiger partial charge in [0.2, 0.25) is 5.82 Å². The molecule has 0 aliphatic heterocycles. The number of hydrogen-bond donors (Lipinski definition) is 1. The number of fused-ring (bicyclic) bond motifs is 1. The van der Waals surface area contributed by atoms with Crippen LogP contribution in [0.3, 0.4) is 0 Å². The van der Waals surface area contributed by atoms with E-state index in [1.54, 1.807) is 42.5 Å². The van der Waals surface area contributed by atoms with E-state index < -0.39 is 4.92 Å². The zero-order valence-electron chi connectivity index (χ0n) is 14.4. The molecule has 0 saturated carbocycles. The first-order chi connectivity index (χ1) is 13.5. The van der Waals surface area contributed by atoms with Crippen LogP contribution in [0.2, 0.25) is 10.0 Å². The fourth-order valence-electron chi connectivity index (χ4n) is 3.06. The van der Waals surface area contributed by atoms with Gasteiger partial charge in [-0.3, -0.25) is 10.1 Å². The molecule has 0 radical (unpaired) electrons. The number of aromatic nitrogens is 1. The van der Waals surface area contributed by atoms with E-state index >= 15 is 0 Å². The lowest BCUT2D eigenvalue weighted by Gasteiger charge is -2.13.